The zero-order valence-corrected chi connectivity index (χ0v) is 11.0. The molecule has 0 bridgehead atoms. The standard InChI is InChI=1S/C15H16N2O3/c18-14(17-9-15(19)6-8-20-10-15)12-5-1-3-11-4-2-7-16-13(11)12/h1-5,7,19H,6,8-10H2,(H,17,18). The molecule has 1 unspecified atom stereocenters. The molecule has 2 heterocycles. The highest BCUT2D eigenvalue weighted by atomic mass is 16.5. The predicted octanol–water partition coefficient (Wildman–Crippen LogP) is 1.12. The van der Waals surface area contributed by atoms with Gasteiger partial charge in [-0.3, -0.25) is 9.78 Å². The van der Waals surface area contributed by atoms with Crippen molar-refractivity contribution in [3.63, 3.8) is 0 Å². The number of aromatic nitrogens is 1. The van der Waals surface area contributed by atoms with E-state index in [9.17, 15) is 9.90 Å². The first kappa shape index (κ1) is 13.0. The highest BCUT2D eigenvalue weighted by molar-refractivity contribution is 6.05. The Balaban J connectivity index is 1.79. The molecule has 1 aromatic heterocycles. The fourth-order valence-electron chi connectivity index (χ4n) is 2.36. The van der Waals surface area contributed by atoms with E-state index >= 15 is 0 Å². The Morgan fingerprint density at radius 3 is 3.05 bits per heavy atom. The van der Waals surface area contributed by atoms with Crippen LogP contribution in [0, 0.1) is 0 Å². The van der Waals surface area contributed by atoms with Gasteiger partial charge < -0.3 is 15.2 Å². The third-order valence-electron chi connectivity index (χ3n) is 3.54. The normalized spacial score (nSPS) is 22.1. The van der Waals surface area contributed by atoms with Gasteiger partial charge >= 0.3 is 0 Å². The van der Waals surface area contributed by atoms with Gasteiger partial charge in [0.1, 0.15) is 5.60 Å². The van der Waals surface area contributed by atoms with Crippen LogP contribution in [0.5, 0.6) is 0 Å². The van der Waals surface area contributed by atoms with Crippen molar-refractivity contribution in [3.8, 4) is 0 Å². The van der Waals surface area contributed by atoms with E-state index in [2.05, 4.69) is 10.3 Å². The molecule has 5 nitrogen and oxygen atoms in total. The molecule has 0 radical (unpaired) electrons. The molecular weight excluding hydrogens is 256 g/mol. The highest BCUT2D eigenvalue weighted by Crippen LogP contribution is 2.18. The zero-order chi connectivity index (χ0) is 14.0. The Morgan fingerprint density at radius 1 is 1.40 bits per heavy atom. The van der Waals surface area contributed by atoms with Gasteiger partial charge in [0.2, 0.25) is 0 Å². The maximum absolute atomic E-state index is 12.3. The molecule has 1 saturated heterocycles. The number of fused-ring (bicyclic) bond motifs is 1. The van der Waals surface area contributed by atoms with Gasteiger partial charge in [0.25, 0.3) is 5.91 Å². The molecule has 1 fully saturated rings. The van der Waals surface area contributed by atoms with Crippen molar-refractivity contribution < 1.29 is 14.6 Å². The minimum Gasteiger partial charge on any atom is -0.386 e. The summed E-state index contributed by atoms with van der Waals surface area (Å²) < 4.78 is 5.15. The summed E-state index contributed by atoms with van der Waals surface area (Å²) in [6.45, 7) is 0.984. The molecule has 104 valence electrons. The van der Waals surface area contributed by atoms with E-state index in [0.29, 0.717) is 24.1 Å². The Morgan fingerprint density at radius 2 is 2.25 bits per heavy atom. The van der Waals surface area contributed by atoms with Crippen LogP contribution >= 0.6 is 0 Å². The van der Waals surface area contributed by atoms with Gasteiger partial charge in [-0.25, -0.2) is 0 Å². The first-order valence-corrected chi connectivity index (χ1v) is 6.60. The predicted molar refractivity (Wildman–Crippen MR) is 74.5 cm³/mol. The van der Waals surface area contributed by atoms with Crippen LogP contribution in [0.4, 0.5) is 0 Å². The lowest BCUT2D eigenvalue weighted by Crippen LogP contribution is -2.43. The van der Waals surface area contributed by atoms with Crippen LogP contribution in [-0.2, 0) is 4.74 Å². The highest BCUT2D eigenvalue weighted by Gasteiger charge is 2.32. The minimum atomic E-state index is -0.951. The average Bonchev–Trinajstić information content (AvgIpc) is 2.91. The van der Waals surface area contributed by atoms with Crippen molar-refractivity contribution >= 4 is 16.8 Å². The lowest BCUT2D eigenvalue weighted by Gasteiger charge is -2.20. The summed E-state index contributed by atoms with van der Waals surface area (Å²) >= 11 is 0. The smallest absolute Gasteiger partial charge is 0.253 e. The summed E-state index contributed by atoms with van der Waals surface area (Å²) in [5, 5.41) is 13.8. The fraction of sp³-hybridized carbons (Fsp3) is 0.333. The van der Waals surface area contributed by atoms with Crippen molar-refractivity contribution in [1.29, 1.82) is 0 Å². The van der Waals surface area contributed by atoms with Crippen LogP contribution < -0.4 is 5.32 Å². The van der Waals surface area contributed by atoms with Crippen LogP contribution in [0.3, 0.4) is 0 Å². The van der Waals surface area contributed by atoms with Crippen LogP contribution in [-0.4, -0.2) is 41.4 Å². The fourth-order valence-corrected chi connectivity index (χ4v) is 2.36. The molecular formula is C15H16N2O3. The first-order chi connectivity index (χ1) is 9.68. The number of benzene rings is 1. The third-order valence-corrected chi connectivity index (χ3v) is 3.54. The van der Waals surface area contributed by atoms with Crippen molar-refractivity contribution in [2.75, 3.05) is 19.8 Å². The Labute approximate surface area is 116 Å². The molecule has 20 heavy (non-hydrogen) atoms. The number of carbonyl (C=O) groups is 1. The number of amides is 1. The first-order valence-electron chi connectivity index (χ1n) is 6.60. The summed E-state index contributed by atoms with van der Waals surface area (Å²) in [7, 11) is 0. The Kier molecular flexibility index (Phi) is 3.38. The van der Waals surface area contributed by atoms with Gasteiger partial charge in [0.15, 0.2) is 0 Å². The quantitative estimate of drug-likeness (QED) is 0.878. The maximum Gasteiger partial charge on any atom is 0.253 e. The third kappa shape index (κ3) is 2.50. The van der Waals surface area contributed by atoms with Gasteiger partial charge in [-0.05, 0) is 12.1 Å². The van der Waals surface area contributed by atoms with E-state index in [1.54, 1.807) is 12.3 Å². The van der Waals surface area contributed by atoms with Crippen molar-refractivity contribution in [2.45, 2.75) is 12.0 Å². The van der Waals surface area contributed by atoms with E-state index < -0.39 is 5.60 Å². The van der Waals surface area contributed by atoms with Crippen molar-refractivity contribution in [1.82, 2.24) is 10.3 Å². The van der Waals surface area contributed by atoms with E-state index in [1.165, 1.54) is 0 Å². The summed E-state index contributed by atoms with van der Waals surface area (Å²) in [5.74, 6) is -0.227. The van der Waals surface area contributed by atoms with Crippen LogP contribution in [0.15, 0.2) is 36.5 Å². The van der Waals surface area contributed by atoms with Gasteiger partial charge in [-0.1, -0.05) is 18.2 Å². The molecule has 0 spiro atoms. The number of carbonyl (C=O) groups excluding carboxylic acids is 1. The second-order valence-electron chi connectivity index (χ2n) is 5.09. The molecule has 1 aromatic carbocycles. The number of ether oxygens (including phenoxy) is 1. The average molecular weight is 272 g/mol. The number of nitrogens with zero attached hydrogens (tertiary/aromatic N) is 1. The molecule has 3 rings (SSSR count). The summed E-state index contributed by atoms with van der Waals surface area (Å²) in [6, 6.07) is 9.23. The van der Waals surface area contributed by atoms with E-state index in [-0.39, 0.29) is 19.1 Å². The summed E-state index contributed by atoms with van der Waals surface area (Å²) in [6.07, 6.45) is 2.21. The number of hydrogen-bond acceptors (Lipinski definition) is 4. The van der Waals surface area contributed by atoms with Crippen LogP contribution in [0.2, 0.25) is 0 Å². The second kappa shape index (κ2) is 5.19. The van der Waals surface area contributed by atoms with Gasteiger partial charge in [-0.15, -0.1) is 0 Å². The Bertz CT molecular complexity index is 631. The van der Waals surface area contributed by atoms with Crippen molar-refractivity contribution in [3.05, 3.63) is 42.1 Å². The van der Waals surface area contributed by atoms with Gasteiger partial charge in [-0.2, -0.15) is 0 Å². The monoisotopic (exact) mass is 272 g/mol. The molecule has 2 aromatic rings. The lowest BCUT2D eigenvalue weighted by atomic mass is 10.0. The lowest BCUT2D eigenvalue weighted by molar-refractivity contribution is 0.0265. The molecule has 1 atom stereocenters. The van der Waals surface area contributed by atoms with Crippen molar-refractivity contribution in [2.24, 2.45) is 0 Å². The SMILES string of the molecule is O=C(NCC1(O)CCOC1)c1cccc2cccnc12. The molecule has 1 aliphatic rings. The van der Waals surface area contributed by atoms with E-state index in [0.717, 1.165) is 5.39 Å². The topological polar surface area (TPSA) is 71.5 Å². The zero-order valence-electron chi connectivity index (χ0n) is 11.0. The molecule has 2 N–H and O–H groups in total. The molecule has 1 amide bonds. The molecule has 1 aliphatic heterocycles. The minimum absolute atomic E-state index is 0.190. The summed E-state index contributed by atoms with van der Waals surface area (Å²) in [4.78, 5) is 16.5. The number of hydrogen-bond donors (Lipinski definition) is 2. The summed E-state index contributed by atoms with van der Waals surface area (Å²) in [5.41, 5.74) is 0.237. The molecule has 5 heteroatoms. The molecule has 0 aliphatic carbocycles. The number of nitrogens with one attached hydrogen (secondary N) is 1. The van der Waals surface area contributed by atoms with Crippen LogP contribution in [0.25, 0.3) is 10.9 Å². The van der Waals surface area contributed by atoms with E-state index in [1.807, 2.05) is 24.3 Å². The van der Waals surface area contributed by atoms with E-state index in [4.69, 9.17) is 4.74 Å². The van der Waals surface area contributed by atoms with Crippen LogP contribution in [0.1, 0.15) is 16.8 Å². The number of para-hydroxylation sites is 1. The molecule has 0 saturated carbocycles. The number of rotatable bonds is 3. The largest absolute Gasteiger partial charge is 0.386 e. The van der Waals surface area contributed by atoms with Gasteiger partial charge in [0.05, 0.1) is 17.7 Å². The second-order valence-corrected chi connectivity index (χ2v) is 5.09. The number of pyridine rings is 1. The maximum atomic E-state index is 12.3. The Hall–Kier alpha value is -1.98. The number of aliphatic hydroxyl groups is 1. The van der Waals surface area contributed by atoms with Gasteiger partial charge in [0, 0.05) is 31.2 Å².